The Morgan fingerprint density at radius 1 is 1.18 bits per heavy atom. The number of rotatable bonds is 11. The number of nitrogens with one attached hydrogen (secondary N) is 2. The number of carbonyl (C=O) groups excluding carboxylic acids is 2. The summed E-state index contributed by atoms with van der Waals surface area (Å²) in [6.07, 6.45) is 0.855. The van der Waals surface area contributed by atoms with Gasteiger partial charge in [0.15, 0.2) is 11.6 Å². The van der Waals surface area contributed by atoms with Gasteiger partial charge >= 0.3 is 0 Å². The minimum absolute atomic E-state index is 0.00857. The third-order valence-electron chi connectivity index (χ3n) is 4.54. The van der Waals surface area contributed by atoms with Crippen LogP contribution >= 0.6 is 0 Å². The molecule has 0 saturated heterocycles. The molecule has 3 N–H and O–H groups in total. The molecule has 0 saturated carbocycles. The molecule has 0 unspecified atom stereocenters. The standard InChI is InChI=1S/C22H25F3N4O5/c1-13-4-5-18(17(23)10-13)27-21-16(22(32)28-34-9-7-30)11-15(19(24)20(21)25)12-26-33-8-6-29(3)14(2)31/h4-5,10-12,27,30H,6-9H2,1-3H3,(H,28,32)/b26-12+. The first kappa shape index (κ1) is 26.6. The highest BCUT2D eigenvalue weighted by molar-refractivity contribution is 6.01. The summed E-state index contributed by atoms with van der Waals surface area (Å²) in [4.78, 5) is 34.8. The van der Waals surface area contributed by atoms with E-state index in [9.17, 15) is 22.8 Å². The number of hydrogen-bond donors (Lipinski definition) is 3. The van der Waals surface area contributed by atoms with Gasteiger partial charge in [-0.3, -0.25) is 14.4 Å². The number of hydrogen-bond acceptors (Lipinski definition) is 7. The molecule has 0 bridgehead atoms. The quantitative estimate of drug-likeness (QED) is 0.258. The molecule has 2 aromatic carbocycles. The van der Waals surface area contributed by atoms with Gasteiger partial charge in [0.25, 0.3) is 5.91 Å². The second-order valence-electron chi connectivity index (χ2n) is 7.14. The second kappa shape index (κ2) is 12.6. The van der Waals surface area contributed by atoms with Crippen molar-refractivity contribution >= 4 is 29.4 Å². The summed E-state index contributed by atoms with van der Waals surface area (Å²) in [5.74, 6) is -4.74. The lowest BCUT2D eigenvalue weighted by molar-refractivity contribution is -0.128. The highest BCUT2D eigenvalue weighted by atomic mass is 19.2. The molecule has 0 fully saturated rings. The maximum Gasteiger partial charge on any atom is 0.277 e. The Morgan fingerprint density at radius 3 is 2.56 bits per heavy atom. The lowest BCUT2D eigenvalue weighted by atomic mass is 10.1. The third kappa shape index (κ3) is 7.18. The number of aliphatic hydroxyl groups is 1. The number of oxime groups is 1. The molecule has 184 valence electrons. The molecule has 2 aromatic rings. The maximum absolute atomic E-state index is 15.0. The minimum atomic E-state index is -1.47. The first-order valence-electron chi connectivity index (χ1n) is 10.1. The number of aryl methyl sites for hydroxylation is 1. The van der Waals surface area contributed by atoms with Crippen molar-refractivity contribution in [3.63, 3.8) is 0 Å². The number of benzene rings is 2. The van der Waals surface area contributed by atoms with Crippen molar-refractivity contribution in [3.8, 4) is 0 Å². The predicted octanol–water partition coefficient (Wildman–Crippen LogP) is 2.64. The van der Waals surface area contributed by atoms with Gasteiger partial charge < -0.3 is 20.2 Å². The number of aliphatic hydroxyl groups excluding tert-OH is 1. The first-order chi connectivity index (χ1) is 16.1. The van der Waals surface area contributed by atoms with Gasteiger partial charge in [0.1, 0.15) is 12.4 Å². The van der Waals surface area contributed by atoms with Crippen molar-refractivity contribution in [2.45, 2.75) is 13.8 Å². The van der Waals surface area contributed by atoms with E-state index in [4.69, 9.17) is 14.8 Å². The fourth-order valence-electron chi connectivity index (χ4n) is 2.60. The van der Waals surface area contributed by atoms with Gasteiger partial charge in [-0.2, -0.15) is 0 Å². The summed E-state index contributed by atoms with van der Waals surface area (Å²) >= 11 is 0. The molecule has 0 aliphatic heterocycles. The largest absolute Gasteiger partial charge is 0.394 e. The van der Waals surface area contributed by atoms with E-state index in [1.807, 2.05) is 5.48 Å². The summed E-state index contributed by atoms with van der Waals surface area (Å²) in [6.45, 7) is 2.58. The molecule has 0 aliphatic rings. The lowest BCUT2D eigenvalue weighted by Gasteiger charge is -2.16. The summed E-state index contributed by atoms with van der Waals surface area (Å²) in [7, 11) is 1.55. The third-order valence-corrected chi connectivity index (χ3v) is 4.54. The van der Waals surface area contributed by atoms with Gasteiger partial charge in [0.2, 0.25) is 5.91 Å². The van der Waals surface area contributed by atoms with E-state index in [2.05, 4.69) is 10.5 Å². The topological polar surface area (TPSA) is 112 Å². The monoisotopic (exact) mass is 482 g/mol. The van der Waals surface area contributed by atoms with E-state index in [1.165, 1.54) is 24.0 Å². The average molecular weight is 482 g/mol. The van der Waals surface area contributed by atoms with Crippen molar-refractivity contribution in [3.05, 3.63) is 58.4 Å². The number of halogens is 3. The molecular formula is C22H25F3N4O5. The van der Waals surface area contributed by atoms with E-state index < -0.39 is 46.8 Å². The van der Waals surface area contributed by atoms with Gasteiger partial charge in [0.05, 0.1) is 42.9 Å². The Bertz CT molecular complexity index is 1070. The van der Waals surface area contributed by atoms with Crippen LogP contribution in [0.1, 0.15) is 28.4 Å². The predicted molar refractivity (Wildman–Crippen MR) is 118 cm³/mol. The normalized spacial score (nSPS) is 10.9. The van der Waals surface area contributed by atoms with E-state index in [1.54, 1.807) is 20.0 Å². The zero-order chi connectivity index (χ0) is 25.3. The molecule has 12 heteroatoms. The van der Waals surface area contributed by atoms with Crippen LogP contribution in [0.2, 0.25) is 0 Å². The molecule has 0 atom stereocenters. The molecule has 0 spiro atoms. The van der Waals surface area contributed by atoms with Crippen LogP contribution in [-0.4, -0.2) is 61.4 Å². The molecule has 0 aromatic heterocycles. The highest BCUT2D eigenvalue weighted by Crippen LogP contribution is 2.30. The van der Waals surface area contributed by atoms with E-state index in [-0.39, 0.29) is 31.4 Å². The fourth-order valence-corrected chi connectivity index (χ4v) is 2.60. The SMILES string of the molecule is CC(=O)N(C)CCO/N=C/c1cc(C(=O)NOCCO)c(Nc2ccc(C)cc2F)c(F)c1F. The number of likely N-dealkylation sites (N-methyl/N-ethyl adjacent to an activating group) is 1. The van der Waals surface area contributed by atoms with Crippen LogP contribution in [-0.2, 0) is 14.5 Å². The smallest absolute Gasteiger partial charge is 0.277 e. The zero-order valence-corrected chi connectivity index (χ0v) is 18.8. The van der Waals surface area contributed by atoms with Gasteiger partial charge in [-0.1, -0.05) is 11.2 Å². The summed E-state index contributed by atoms with van der Waals surface area (Å²) < 4.78 is 44.0. The van der Waals surface area contributed by atoms with Crippen molar-refractivity contribution < 1.29 is 37.5 Å². The number of amides is 2. The number of anilines is 2. The van der Waals surface area contributed by atoms with Crippen LogP contribution in [0.3, 0.4) is 0 Å². The Kier molecular flexibility index (Phi) is 9.83. The first-order valence-corrected chi connectivity index (χ1v) is 10.1. The molecule has 34 heavy (non-hydrogen) atoms. The van der Waals surface area contributed by atoms with Gasteiger partial charge in [-0.15, -0.1) is 0 Å². The van der Waals surface area contributed by atoms with Gasteiger partial charge in [-0.05, 0) is 30.7 Å². The van der Waals surface area contributed by atoms with E-state index >= 15 is 0 Å². The molecule has 0 heterocycles. The zero-order valence-electron chi connectivity index (χ0n) is 18.8. The van der Waals surface area contributed by atoms with Crippen LogP contribution in [0, 0.1) is 24.4 Å². The molecule has 0 aliphatic carbocycles. The second-order valence-corrected chi connectivity index (χ2v) is 7.14. The Hall–Kier alpha value is -3.64. The minimum Gasteiger partial charge on any atom is -0.394 e. The van der Waals surface area contributed by atoms with Crippen molar-refractivity contribution in [1.29, 1.82) is 0 Å². The van der Waals surface area contributed by atoms with Crippen LogP contribution in [0.5, 0.6) is 0 Å². The van der Waals surface area contributed by atoms with Crippen molar-refractivity contribution in [2.24, 2.45) is 5.16 Å². The summed E-state index contributed by atoms with van der Waals surface area (Å²) in [5.41, 5.74) is 0.919. The Balaban J connectivity index is 2.35. The summed E-state index contributed by atoms with van der Waals surface area (Å²) in [6, 6.07) is 5.01. The van der Waals surface area contributed by atoms with Crippen LogP contribution in [0.15, 0.2) is 29.4 Å². The van der Waals surface area contributed by atoms with Crippen LogP contribution < -0.4 is 10.8 Å². The summed E-state index contributed by atoms with van der Waals surface area (Å²) in [5, 5.41) is 14.7. The average Bonchev–Trinajstić information content (AvgIpc) is 2.79. The van der Waals surface area contributed by atoms with E-state index in [0.29, 0.717) is 5.56 Å². The maximum atomic E-state index is 15.0. The van der Waals surface area contributed by atoms with Gasteiger partial charge in [-0.25, -0.2) is 18.7 Å². The number of carbonyl (C=O) groups is 2. The molecule has 2 rings (SSSR count). The molecular weight excluding hydrogens is 457 g/mol. The Labute approximate surface area is 194 Å². The van der Waals surface area contributed by atoms with Crippen LogP contribution in [0.25, 0.3) is 0 Å². The van der Waals surface area contributed by atoms with Crippen molar-refractivity contribution in [2.75, 3.05) is 38.7 Å². The number of nitrogens with zero attached hydrogens (tertiary/aromatic N) is 2. The molecule has 0 radical (unpaired) electrons. The van der Waals surface area contributed by atoms with Crippen molar-refractivity contribution in [1.82, 2.24) is 10.4 Å². The molecule has 2 amide bonds. The van der Waals surface area contributed by atoms with E-state index in [0.717, 1.165) is 12.3 Å². The Morgan fingerprint density at radius 2 is 1.91 bits per heavy atom. The van der Waals surface area contributed by atoms with Crippen LogP contribution in [0.4, 0.5) is 24.5 Å². The molecule has 9 nitrogen and oxygen atoms in total. The lowest BCUT2D eigenvalue weighted by Crippen LogP contribution is -2.27. The number of hydroxylamine groups is 1. The van der Waals surface area contributed by atoms with Gasteiger partial charge in [0, 0.05) is 19.5 Å². The highest BCUT2D eigenvalue weighted by Gasteiger charge is 2.23. The fraction of sp³-hybridized carbons (Fsp3) is 0.318.